The number of hydrogen-bond donors (Lipinski definition) is 3. The molecule has 2 aliphatic rings. The quantitative estimate of drug-likeness (QED) is 0.574. The van der Waals surface area contributed by atoms with Crippen molar-refractivity contribution < 1.29 is 24.9 Å². The molecule has 2 aliphatic carbocycles. The number of nitrogens with zero attached hydrogens (tertiary/aromatic N) is 3. The van der Waals surface area contributed by atoms with Gasteiger partial charge in [0.05, 0.1) is 17.7 Å². The molecule has 3 N–H and O–H groups in total. The standard InChI is InChI=1S/C16H13ClO4.C9H15N3O/c1-9-2-7-12(15(18)19)13(14(9)16(20)21)8-10-3-5-11(17)6-4-10;13-9(4-2-1-3-5-9)6-12-8-10-7-11-12/h2-8,14H,1H3,(H,18,19)(H,20,21);7-8,13H,1-6H2. The number of carboxylic acids is 2. The predicted octanol–water partition coefficient (Wildman–Crippen LogP) is 4.37. The van der Waals surface area contributed by atoms with Gasteiger partial charge in [0.25, 0.3) is 0 Å². The van der Waals surface area contributed by atoms with Gasteiger partial charge in [0.1, 0.15) is 18.6 Å². The second-order valence-electron chi connectivity index (χ2n) is 8.60. The zero-order chi connectivity index (χ0) is 24.7. The summed E-state index contributed by atoms with van der Waals surface area (Å²) in [6.07, 6.45) is 13.0. The average Bonchev–Trinajstić information content (AvgIpc) is 3.28. The number of halogens is 1. The molecule has 1 aromatic heterocycles. The van der Waals surface area contributed by atoms with Crippen molar-refractivity contribution in [2.45, 2.75) is 51.2 Å². The Balaban J connectivity index is 0.000000212. The molecule has 0 radical (unpaired) electrons. The van der Waals surface area contributed by atoms with Crippen LogP contribution in [0.2, 0.25) is 5.02 Å². The number of carboxylic acid groups (broad SMARTS) is 2. The van der Waals surface area contributed by atoms with E-state index in [-0.39, 0.29) is 11.1 Å². The lowest BCUT2D eigenvalue weighted by Crippen LogP contribution is -2.36. The van der Waals surface area contributed by atoms with Gasteiger partial charge >= 0.3 is 11.9 Å². The molecular weight excluding hydrogens is 458 g/mol. The van der Waals surface area contributed by atoms with E-state index < -0.39 is 23.5 Å². The fraction of sp³-hybridized carbons (Fsp3) is 0.360. The van der Waals surface area contributed by atoms with Crippen LogP contribution in [0.4, 0.5) is 0 Å². The predicted molar refractivity (Wildman–Crippen MR) is 128 cm³/mol. The summed E-state index contributed by atoms with van der Waals surface area (Å²) in [6, 6.07) is 6.75. The summed E-state index contributed by atoms with van der Waals surface area (Å²) >= 11 is 5.81. The second-order valence-corrected chi connectivity index (χ2v) is 9.03. The highest BCUT2D eigenvalue weighted by molar-refractivity contribution is 6.30. The van der Waals surface area contributed by atoms with Gasteiger partial charge in [0.2, 0.25) is 0 Å². The maximum Gasteiger partial charge on any atom is 0.336 e. The van der Waals surface area contributed by atoms with Crippen LogP contribution in [-0.4, -0.2) is 47.6 Å². The Labute approximate surface area is 202 Å². The number of benzene rings is 1. The number of aliphatic carboxylic acids is 2. The Morgan fingerprint density at radius 3 is 2.38 bits per heavy atom. The van der Waals surface area contributed by atoms with Crippen LogP contribution in [0.3, 0.4) is 0 Å². The van der Waals surface area contributed by atoms with Gasteiger partial charge in [-0.1, -0.05) is 54.6 Å². The van der Waals surface area contributed by atoms with Crippen LogP contribution in [0, 0.1) is 5.92 Å². The third kappa shape index (κ3) is 6.65. The molecule has 34 heavy (non-hydrogen) atoms. The highest BCUT2D eigenvalue weighted by Gasteiger charge is 2.31. The normalized spacial score (nSPS) is 20.6. The van der Waals surface area contributed by atoms with Gasteiger partial charge in [-0.05, 0) is 55.2 Å². The molecule has 9 heteroatoms. The Morgan fingerprint density at radius 1 is 1.15 bits per heavy atom. The fourth-order valence-corrected chi connectivity index (χ4v) is 4.34. The third-order valence-electron chi connectivity index (χ3n) is 5.97. The van der Waals surface area contributed by atoms with E-state index in [9.17, 15) is 24.9 Å². The Kier molecular flexibility index (Phi) is 8.41. The van der Waals surface area contributed by atoms with Crippen molar-refractivity contribution >= 4 is 29.6 Å². The van der Waals surface area contributed by atoms with Gasteiger partial charge < -0.3 is 15.3 Å². The van der Waals surface area contributed by atoms with Crippen molar-refractivity contribution in [2.75, 3.05) is 0 Å². The summed E-state index contributed by atoms with van der Waals surface area (Å²) in [5, 5.41) is 33.4. The van der Waals surface area contributed by atoms with E-state index in [1.165, 1.54) is 24.9 Å². The molecule has 0 saturated heterocycles. The minimum Gasteiger partial charge on any atom is -0.481 e. The monoisotopic (exact) mass is 485 g/mol. The first kappa shape index (κ1) is 25.4. The van der Waals surface area contributed by atoms with Gasteiger partial charge in [0, 0.05) is 5.02 Å². The van der Waals surface area contributed by atoms with Crippen molar-refractivity contribution in [3.8, 4) is 0 Å². The molecule has 0 spiro atoms. The maximum atomic E-state index is 11.5. The van der Waals surface area contributed by atoms with E-state index in [0.29, 0.717) is 22.7 Å². The molecule has 2 aromatic rings. The third-order valence-corrected chi connectivity index (χ3v) is 6.22. The van der Waals surface area contributed by atoms with Crippen LogP contribution in [-0.2, 0) is 16.1 Å². The second kappa shape index (κ2) is 11.3. The van der Waals surface area contributed by atoms with E-state index >= 15 is 0 Å². The summed E-state index contributed by atoms with van der Waals surface area (Å²) in [5.41, 5.74) is 1.00. The molecule has 0 bridgehead atoms. The highest BCUT2D eigenvalue weighted by atomic mass is 35.5. The minimum atomic E-state index is -1.15. The van der Waals surface area contributed by atoms with Crippen molar-refractivity contribution in [1.29, 1.82) is 0 Å². The summed E-state index contributed by atoms with van der Waals surface area (Å²) in [4.78, 5) is 26.7. The Bertz CT molecular complexity index is 1100. The van der Waals surface area contributed by atoms with Crippen LogP contribution in [0.1, 0.15) is 44.6 Å². The zero-order valence-corrected chi connectivity index (χ0v) is 19.6. The van der Waals surface area contributed by atoms with E-state index in [1.807, 2.05) is 0 Å². The van der Waals surface area contributed by atoms with Crippen LogP contribution >= 0.6 is 11.6 Å². The van der Waals surface area contributed by atoms with Gasteiger partial charge in [-0.15, -0.1) is 0 Å². The molecule has 1 aromatic carbocycles. The van der Waals surface area contributed by atoms with Gasteiger partial charge in [-0.25, -0.2) is 9.78 Å². The lowest BCUT2D eigenvalue weighted by atomic mass is 9.82. The zero-order valence-electron chi connectivity index (χ0n) is 18.9. The van der Waals surface area contributed by atoms with Crippen molar-refractivity contribution in [2.24, 2.45) is 5.92 Å². The summed E-state index contributed by atoms with van der Waals surface area (Å²) < 4.78 is 1.71. The molecular formula is C25H28ClN3O5. The molecule has 1 unspecified atom stereocenters. The Hall–Kier alpha value is -3.23. The van der Waals surface area contributed by atoms with E-state index in [1.54, 1.807) is 48.3 Å². The van der Waals surface area contributed by atoms with Crippen molar-refractivity contribution in [3.05, 3.63) is 76.4 Å². The molecule has 0 aliphatic heterocycles. The highest BCUT2D eigenvalue weighted by Crippen LogP contribution is 2.33. The summed E-state index contributed by atoms with van der Waals surface area (Å²) in [7, 11) is 0. The number of aromatic nitrogens is 3. The summed E-state index contributed by atoms with van der Waals surface area (Å²) in [6.45, 7) is 2.26. The first-order valence-corrected chi connectivity index (χ1v) is 11.4. The Morgan fingerprint density at radius 2 is 1.82 bits per heavy atom. The van der Waals surface area contributed by atoms with Gasteiger partial charge in [-0.3, -0.25) is 9.48 Å². The van der Waals surface area contributed by atoms with Gasteiger partial charge in [-0.2, -0.15) is 5.10 Å². The van der Waals surface area contributed by atoms with E-state index in [4.69, 9.17) is 11.6 Å². The lowest BCUT2D eigenvalue weighted by Gasteiger charge is -2.31. The molecule has 4 rings (SSSR count). The molecule has 180 valence electrons. The van der Waals surface area contributed by atoms with Crippen molar-refractivity contribution in [1.82, 2.24) is 14.8 Å². The maximum absolute atomic E-state index is 11.5. The minimum absolute atomic E-state index is 0.0112. The number of aliphatic hydroxyl groups is 1. The van der Waals surface area contributed by atoms with E-state index in [2.05, 4.69) is 10.1 Å². The number of carbonyl (C=O) groups is 2. The largest absolute Gasteiger partial charge is 0.481 e. The van der Waals surface area contributed by atoms with Crippen LogP contribution in [0.15, 0.2) is 65.8 Å². The van der Waals surface area contributed by atoms with Crippen LogP contribution in [0.25, 0.3) is 6.08 Å². The van der Waals surface area contributed by atoms with Crippen molar-refractivity contribution in [3.63, 3.8) is 0 Å². The smallest absolute Gasteiger partial charge is 0.336 e. The van der Waals surface area contributed by atoms with E-state index in [0.717, 1.165) is 25.7 Å². The number of hydrogen-bond acceptors (Lipinski definition) is 5. The molecule has 1 heterocycles. The molecule has 1 fully saturated rings. The lowest BCUT2D eigenvalue weighted by molar-refractivity contribution is -0.139. The molecule has 1 saturated carbocycles. The van der Waals surface area contributed by atoms with Crippen LogP contribution in [0.5, 0.6) is 0 Å². The summed E-state index contributed by atoms with van der Waals surface area (Å²) in [5.74, 6) is -3.18. The number of allylic oxidation sites excluding steroid dienone is 2. The van der Waals surface area contributed by atoms with Crippen LogP contribution < -0.4 is 0 Å². The average molecular weight is 486 g/mol. The first-order valence-electron chi connectivity index (χ1n) is 11.1. The van der Waals surface area contributed by atoms with Gasteiger partial charge in [0.15, 0.2) is 0 Å². The topological polar surface area (TPSA) is 126 Å². The SMILES string of the molecule is CC1=CC=C(C(=O)O)C(=Cc2ccc(Cl)cc2)C1C(=O)O.OC1(Cn2cncn2)CCCCC1. The first-order chi connectivity index (χ1) is 16.2. The molecule has 8 nitrogen and oxygen atoms in total. The number of rotatable bonds is 5. The fourth-order valence-electron chi connectivity index (χ4n) is 4.21. The molecule has 0 amide bonds. The molecule has 1 atom stereocenters.